The molecule has 0 bridgehead atoms. The second kappa shape index (κ2) is 12.1. The van der Waals surface area contributed by atoms with Gasteiger partial charge in [-0.15, -0.1) is 12.4 Å². The third-order valence-electron chi connectivity index (χ3n) is 5.90. The van der Waals surface area contributed by atoms with Crippen LogP contribution in [-0.4, -0.2) is 34.6 Å². The molecule has 3 nitrogen and oxygen atoms in total. The minimum absolute atomic E-state index is 0. The van der Waals surface area contributed by atoms with Gasteiger partial charge in [0, 0.05) is 18.0 Å². The minimum atomic E-state index is -0.740. The van der Waals surface area contributed by atoms with Gasteiger partial charge in [-0.2, -0.15) is 0 Å². The highest BCUT2D eigenvalue weighted by Gasteiger charge is 2.26. The fourth-order valence-electron chi connectivity index (χ4n) is 4.42. The van der Waals surface area contributed by atoms with Gasteiger partial charge in [-0.05, 0) is 70.7 Å². The molecule has 0 aliphatic heterocycles. The second-order valence-electron chi connectivity index (χ2n) is 8.61. The van der Waals surface area contributed by atoms with Crippen LogP contribution in [0.5, 0.6) is 0 Å². The van der Waals surface area contributed by atoms with Crippen LogP contribution in [0.3, 0.4) is 0 Å². The van der Waals surface area contributed by atoms with Crippen LogP contribution < -0.4 is 0 Å². The Hall–Kier alpha value is -1.84. The zero-order chi connectivity index (χ0) is 21.6. The van der Waals surface area contributed by atoms with Crippen LogP contribution in [0, 0.1) is 6.92 Å². The predicted octanol–water partition coefficient (Wildman–Crippen LogP) is 6.64. The van der Waals surface area contributed by atoms with E-state index in [-0.39, 0.29) is 18.3 Å². The molecule has 4 heteroatoms. The van der Waals surface area contributed by atoms with Crippen LogP contribution in [0.2, 0.25) is 0 Å². The average Bonchev–Trinajstić information content (AvgIpc) is 2.67. The number of carboxylic acid groups (broad SMARTS) is 1. The SMILES string of the molecule is CCC(C(=O)O)c1ccc(C)cc1[C@H](CCN(C(C)C)C(C)C)c1ccccc1.Cl. The van der Waals surface area contributed by atoms with Crippen LogP contribution in [0.4, 0.5) is 0 Å². The van der Waals surface area contributed by atoms with E-state index in [0.29, 0.717) is 18.5 Å². The molecule has 0 amide bonds. The van der Waals surface area contributed by atoms with E-state index in [1.807, 2.05) is 25.1 Å². The average molecular weight is 432 g/mol. The van der Waals surface area contributed by atoms with E-state index in [0.717, 1.165) is 24.1 Å². The first-order valence-electron chi connectivity index (χ1n) is 10.9. The molecule has 2 aromatic rings. The maximum absolute atomic E-state index is 12.0. The van der Waals surface area contributed by atoms with Crippen molar-refractivity contribution in [3.63, 3.8) is 0 Å². The molecule has 1 N–H and O–H groups in total. The number of nitrogens with zero attached hydrogens (tertiary/aromatic N) is 1. The van der Waals surface area contributed by atoms with E-state index < -0.39 is 11.9 Å². The van der Waals surface area contributed by atoms with Crippen LogP contribution in [0.15, 0.2) is 48.5 Å². The van der Waals surface area contributed by atoms with E-state index in [9.17, 15) is 9.90 Å². The molecule has 1 unspecified atom stereocenters. The van der Waals surface area contributed by atoms with Gasteiger partial charge in [-0.25, -0.2) is 0 Å². The fraction of sp³-hybridized carbons (Fsp3) is 0.500. The molecular formula is C26H38ClNO2. The quantitative estimate of drug-likeness (QED) is 0.458. The van der Waals surface area contributed by atoms with Gasteiger partial charge in [0.05, 0.1) is 5.92 Å². The van der Waals surface area contributed by atoms with Crippen molar-refractivity contribution in [2.24, 2.45) is 0 Å². The number of halogens is 1. The first-order chi connectivity index (χ1) is 13.8. The van der Waals surface area contributed by atoms with Gasteiger partial charge in [-0.3, -0.25) is 9.69 Å². The molecule has 0 spiro atoms. The highest BCUT2D eigenvalue weighted by Crippen LogP contribution is 2.36. The Kier molecular flexibility index (Phi) is 10.6. The zero-order valence-electron chi connectivity index (χ0n) is 19.3. The van der Waals surface area contributed by atoms with Gasteiger partial charge >= 0.3 is 5.97 Å². The van der Waals surface area contributed by atoms with Gasteiger partial charge < -0.3 is 5.11 Å². The molecule has 0 aliphatic rings. The van der Waals surface area contributed by atoms with Crippen molar-refractivity contribution in [1.82, 2.24) is 4.90 Å². The highest BCUT2D eigenvalue weighted by molar-refractivity contribution is 5.85. The molecule has 0 aromatic heterocycles. The van der Waals surface area contributed by atoms with Crippen molar-refractivity contribution in [3.8, 4) is 0 Å². The predicted molar refractivity (Wildman–Crippen MR) is 129 cm³/mol. The number of carboxylic acids is 1. The van der Waals surface area contributed by atoms with Crippen LogP contribution in [0.1, 0.15) is 81.5 Å². The lowest BCUT2D eigenvalue weighted by molar-refractivity contribution is -0.138. The Labute approximate surface area is 188 Å². The Balaban J connectivity index is 0.00000450. The smallest absolute Gasteiger partial charge is 0.310 e. The fourth-order valence-corrected chi connectivity index (χ4v) is 4.42. The number of aliphatic carboxylic acids is 1. The number of carbonyl (C=O) groups is 1. The van der Waals surface area contributed by atoms with E-state index in [1.54, 1.807) is 0 Å². The lowest BCUT2D eigenvalue weighted by Gasteiger charge is -2.33. The molecule has 0 radical (unpaired) electrons. The number of hydrogen-bond acceptors (Lipinski definition) is 2. The number of hydrogen-bond donors (Lipinski definition) is 1. The topological polar surface area (TPSA) is 40.5 Å². The van der Waals surface area contributed by atoms with Crippen LogP contribution in [0.25, 0.3) is 0 Å². The summed E-state index contributed by atoms with van der Waals surface area (Å²) in [5.41, 5.74) is 4.56. The summed E-state index contributed by atoms with van der Waals surface area (Å²) >= 11 is 0. The molecule has 0 fully saturated rings. The Morgan fingerprint density at radius 3 is 2.07 bits per heavy atom. The molecule has 30 heavy (non-hydrogen) atoms. The summed E-state index contributed by atoms with van der Waals surface area (Å²) in [5, 5.41) is 9.83. The monoisotopic (exact) mass is 431 g/mol. The number of benzene rings is 2. The molecule has 0 heterocycles. The van der Waals surface area contributed by atoms with Gasteiger partial charge in [0.25, 0.3) is 0 Å². The summed E-state index contributed by atoms with van der Waals surface area (Å²) in [6.45, 7) is 14.0. The van der Waals surface area contributed by atoms with Crippen molar-refractivity contribution in [2.75, 3.05) is 6.54 Å². The van der Waals surface area contributed by atoms with Crippen molar-refractivity contribution in [3.05, 3.63) is 70.8 Å². The lowest BCUT2D eigenvalue weighted by atomic mass is 9.80. The zero-order valence-corrected chi connectivity index (χ0v) is 20.1. The van der Waals surface area contributed by atoms with E-state index >= 15 is 0 Å². The largest absolute Gasteiger partial charge is 0.481 e. The summed E-state index contributed by atoms with van der Waals surface area (Å²) in [7, 11) is 0. The molecule has 2 rings (SSSR count). The molecule has 0 aliphatic carbocycles. The first kappa shape index (κ1) is 26.2. The lowest BCUT2D eigenvalue weighted by Crippen LogP contribution is -2.38. The van der Waals surface area contributed by atoms with E-state index in [4.69, 9.17) is 0 Å². The van der Waals surface area contributed by atoms with Crippen LogP contribution in [-0.2, 0) is 4.79 Å². The Morgan fingerprint density at radius 2 is 1.57 bits per heavy atom. The van der Waals surface area contributed by atoms with E-state index in [2.05, 4.69) is 69.9 Å². The third kappa shape index (κ3) is 6.58. The van der Waals surface area contributed by atoms with Crippen molar-refractivity contribution >= 4 is 18.4 Å². The Morgan fingerprint density at radius 1 is 0.967 bits per heavy atom. The number of aryl methyl sites for hydroxylation is 1. The highest BCUT2D eigenvalue weighted by atomic mass is 35.5. The summed E-state index contributed by atoms with van der Waals surface area (Å²) in [6.07, 6.45) is 1.56. The van der Waals surface area contributed by atoms with Crippen LogP contribution >= 0.6 is 12.4 Å². The number of rotatable bonds is 10. The molecule has 2 atom stereocenters. The molecule has 166 valence electrons. The van der Waals surface area contributed by atoms with Gasteiger partial charge in [0.15, 0.2) is 0 Å². The van der Waals surface area contributed by atoms with Crippen molar-refractivity contribution in [1.29, 1.82) is 0 Å². The third-order valence-corrected chi connectivity index (χ3v) is 5.90. The Bertz CT molecular complexity index is 781. The summed E-state index contributed by atoms with van der Waals surface area (Å²) in [6, 6.07) is 17.8. The van der Waals surface area contributed by atoms with Crippen molar-refractivity contribution in [2.45, 2.75) is 78.3 Å². The molecule has 0 saturated carbocycles. The normalized spacial score (nSPS) is 13.4. The van der Waals surface area contributed by atoms with Gasteiger partial charge in [-0.1, -0.05) is 61.0 Å². The second-order valence-corrected chi connectivity index (χ2v) is 8.61. The molecule has 0 saturated heterocycles. The first-order valence-corrected chi connectivity index (χ1v) is 10.9. The summed E-state index contributed by atoms with van der Waals surface area (Å²) in [4.78, 5) is 14.5. The summed E-state index contributed by atoms with van der Waals surface area (Å²) < 4.78 is 0. The maximum atomic E-state index is 12.0. The maximum Gasteiger partial charge on any atom is 0.310 e. The van der Waals surface area contributed by atoms with Gasteiger partial charge in [0.2, 0.25) is 0 Å². The van der Waals surface area contributed by atoms with Gasteiger partial charge in [0.1, 0.15) is 0 Å². The standard InChI is InChI=1S/C26H37NO2.ClH/c1-7-22(26(28)29)24-14-13-20(6)17-25(24)23(21-11-9-8-10-12-21)15-16-27(18(2)3)19(4)5;/h8-14,17-19,22-23H,7,15-16H2,1-6H3,(H,28,29);1H/t22?,23-;/m1./s1. The van der Waals surface area contributed by atoms with E-state index in [1.165, 1.54) is 11.1 Å². The summed E-state index contributed by atoms with van der Waals surface area (Å²) in [5.74, 6) is -1.03. The molecular weight excluding hydrogens is 394 g/mol. The minimum Gasteiger partial charge on any atom is -0.481 e. The van der Waals surface area contributed by atoms with Crippen molar-refractivity contribution < 1.29 is 9.90 Å². The molecule has 2 aromatic carbocycles.